The lowest BCUT2D eigenvalue weighted by molar-refractivity contribution is -0.125. The number of benzene rings is 2. The lowest BCUT2D eigenvalue weighted by Crippen LogP contribution is -2.35. The molecular formula is C18H15Cl2NO4. The number of carbonyl (C=O) groups excluding carboxylic acids is 2. The van der Waals surface area contributed by atoms with Crippen LogP contribution in [-0.2, 0) is 9.53 Å². The number of esters is 1. The highest BCUT2D eigenvalue weighted by Crippen LogP contribution is 2.31. The summed E-state index contributed by atoms with van der Waals surface area (Å²) in [4.78, 5) is 24.1. The second-order valence-electron chi connectivity index (χ2n) is 5.50. The number of hydrogen-bond acceptors (Lipinski definition) is 4. The molecule has 25 heavy (non-hydrogen) atoms. The summed E-state index contributed by atoms with van der Waals surface area (Å²) in [7, 11) is 0. The van der Waals surface area contributed by atoms with Crippen molar-refractivity contribution in [2.75, 3.05) is 13.2 Å². The summed E-state index contributed by atoms with van der Waals surface area (Å²) in [6, 6.07) is 11.8. The van der Waals surface area contributed by atoms with Crippen molar-refractivity contribution < 1.29 is 19.1 Å². The first-order valence-electron chi connectivity index (χ1n) is 7.68. The van der Waals surface area contributed by atoms with E-state index in [1.807, 2.05) is 24.3 Å². The Morgan fingerprint density at radius 2 is 2.00 bits per heavy atom. The molecule has 0 bridgehead atoms. The number of ether oxygens (including phenoxy) is 2. The first-order chi connectivity index (χ1) is 12.0. The van der Waals surface area contributed by atoms with Gasteiger partial charge < -0.3 is 14.8 Å². The van der Waals surface area contributed by atoms with Crippen molar-refractivity contribution in [3.8, 4) is 5.75 Å². The summed E-state index contributed by atoms with van der Waals surface area (Å²) in [5.41, 5.74) is 1.07. The summed E-state index contributed by atoms with van der Waals surface area (Å²) in [5.74, 6) is -0.312. The summed E-state index contributed by atoms with van der Waals surface area (Å²) in [5, 5.41) is 3.45. The van der Waals surface area contributed by atoms with Gasteiger partial charge in [0.05, 0.1) is 23.2 Å². The highest BCUT2D eigenvalue weighted by atomic mass is 35.5. The van der Waals surface area contributed by atoms with E-state index in [0.717, 1.165) is 11.3 Å². The molecule has 130 valence electrons. The summed E-state index contributed by atoms with van der Waals surface area (Å²) >= 11 is 11.7. The second-order valence-corrected chi connectivity index (χ2v) is 6.34. The van der Waals surface area contributed by atoms with Crippen LogP contribution in [0.3, 0.4) is 0 Å². The molecule has 1 amide bonds. The Bertz CT molecular complexity index is 809. The lowest BCUT2D eigenvalue weighted by Gasteiger charge is -2.26. The number of fused-ring (bicyclic) bond motifs is 1. The van der Waals surface area contributed by atoms with E-state index in [1.165, 1.54) is 18.2 Å². The Morgan fingerprint density at radius 1 is 1.20 bits per heavy atom. The molecular weight excluding hydrogens is 365 g/mol. The lowest BCUT2D eigenvalue weighted by atomic mass is 10.0. The molecule has 0 saturated carbocycles. The van der Waals surface area contributed by atoms with Crippen LogP contribution in [0.4, 0.5) is 0 Å². The van der Waals surface area contributed by atoms with E-state index >= 15 is 0 Å². The van der Waals surface area contributed by atoms with Crippen molar-refractivity contribution in [3.05, 3.63) is 63.6 Å². The maximum atomic E-state index is 12.1. The fraction of sp³-hybridized carbons (Fsp3) is 0.222. The first kappa shape index (κ1) is 17.6. The molecule has 1 atom stereocenters. The van der Waals surface area contributed by atoms with E-state index in [0.29, 0.717) is 18.1 Å². The van der Waals surface area contributed by atoms with Gasteiger partial charge in [-0.15, -0.1) is 0 Å². The van der Waals surface area contributed by atoms with Crippen LogP contribution in [0.2, 0.25) is 10.0 Å². The predicted molar refractivity (Wildman–Crippen MR) is 94.2 cm³/mol. The number of rotatable bonds is 4. The molecule has 1 aliphatic heterocycles. The third kappa shape index (κ3) is 4.24. The number of halogens is 2. The molecule has 0 fully saturated rings. The monoisotopic (exact) mass is 379 g/mol. The van der Waals surface area contributed by atoms with Gasteiger partial charge in [-0.05, 0) is 24.3 Å². The highest BCUT2D eigenvalue weighted by Gasteiger charge is 2.23. The fourth-order valence-electron chi connectivity index (χ4n) is 2.59. The van der Waals surface area contributed by atoms with Crippen LogP contribution in [0.25, 0.3) is 0 Å². The zero-order chi connectivity index (χ0) is 17.8. The van der Waals surface area contributed by atoms with Crippen molar-refractivity contribution in [2.24, 2.45) is 0 Å². The smallest absolute Gasteiger partial charge is 0.340 e. The number of carbonyl (C=O) groups is 2. The molecule has 3 rings (SSSR count). The SMILES string of the molecule is O=C(COC(=O)c1ccc(Cl)cc1Cl)NC1CCOc2ccccc21. The molecule has 1 unspecified atom stereocenters. The molecule has 1 N–H and O–H groups in total. The van der Waals surface area contributed by atoms with Crippen LogP contribution in [0.1, 0.15) is 28.4 Å². The number of para-hydroxylation sites is 1. The van der Waals surface area contributed by atoms with Gasteiger partial charge >= 0.3 is 5.97 Å². The Labute approximate surface area is 154 Å². The Morgan fingerprint density at radius 3 is 2.80 bits per heavy atom. The zero-order valence-electron chi connectivity index (χ0n) is 13.1. The minimum Gasteiger partial charge on any atom is -0.493 e. The van der Waals surface area contributed by atoms with Gasteiger partial charge in [0.1, 0.15) is 5.75 Å². The first-order valence-corrected chi connectivity index (χ1v) is 8.43. The van der Waals surface area contributed by atoms with Crippen LogP contribution in [0.15, 0.2) is 42.5 Å². The Hall–Kier alpha value is -2.24. The minimum atomic E-state index is -0.677. The van der Waals surface area contributed by atoms with Crippen LogP contribution in [-0.4, -0.2) is 25.1 Å². The van der Waals surface area contributed by atoms with Crippen LogP contribution in [0.5, 0.6) is 5.75 Å². The van der Waals surface area contributed by atoms with E-state index in [2.05, 4.69) is 5.32 Å². The van der Waals surface area contributed by atoms with Gasteiger partial charge in [0.25, 0.3) is 5.91 Å². The van der Waals surface area contributed by atoms with Gasteiger partial charge in [-0.25, -0.2) is 4.79 Å². The molecule has 0 aromatic heterocycles. The maximum absolute atomic E-state index is 12.1. The molecule has 0 spiro atoms. The topological polar surface area (TPSA) is 64.6 Å². The molecule has 0 aliphatic carbocycles. The largest absolute Gasteiger partial charge is 0.493 e. The predicted octanol–water partition coefficient (Wildman–Crippen LogP) is 3.79. The van der Waals surface area contributed by atoms with Gasteiger partial charge in [0.2, 0.25) is 0 Å². The van der Waals surface area contributed by atoms with Crippen LogP contribution >= 0.6 is 23.2 Å². The summed E-state index contributed by atoms with van der Waals surface area (Å²) in [6.45, 7) is 0.124. The fourth-order valence-corrected chi connectivity index (χ4v) is 3.08. The van der Waals surface area contributed by atoms with Crippen molar-refractivity contribution in [2.45, 2.75) is 12.5 Å². The molecule has 2 aromatic carbocycles. The second kappa shape index (κ2) is 7.76. The number of hydrogen-bond donors (Lipinski definition) is 1. The van der Waals surface area contributed by atoms with Gasteiger partial charge in [-0.2, -0.15) is 0 Å². The van der Waals surface area contributed by atoms with E-state index in [4.69, 9.17) is 32.7 Å². The third-order valence-electron chi connectivity index (χ3n) is 3.78. The molecule has 0 saturated heterocycles. The van der Waals surface area contributed by atoms with E-state index in [9.17, 15) is 9.59 Å². The van der Waals surface area contributed by atoms with E-state index in [-0.39, 0.29) is 22.5 Å². The van der Waals surface area contributed by atoms with Gasteiger partial charge in [0.15, 0.2) is 6.61 Å². The van der Waals surface area contributed by atoms with Crippen molar-refractivity contribution in [1.82, 2.24) is 5.32 Å². The molecule has 1 aliphatic rings. The van der Waals surface area contributed by atoms with Gasteiger partial charge in [-0.3, -0.25) is 4.79 Å². The van der Waals surface area contributed by atoms with Crippen molar-refractivity contribution >= 4 is 35.1 Å². The Balaban J connectivity index is 1.58. The van der Waals surface area contributed by atoms with Crippen LogP contribution in [0, 0.1) is 0 Å². The van der Waals surface area contributed by atoms with Crippen molar-refractivity contribution in [3.63, 3.8) is 0 Å². The molecule has 7 heteroatoms. The molecule has 1 heterocycles. The third-order valence-corrected chi connectivity index (χ3v) is 4.33. The standard InChI is InChI=1S/C18H15Cl2NO4/c19-11-5-6-12(14(20)9-11)18(23)25-10-17(22)21-15-7-8-24-16-4-2-1-3-13(15)16/h1-6,9,15H,7-8,10H2,(H,21,22). The molecule has 0 radical (unpaired) electrons. The molecule has 2 aromatic rings. The minimum absolute atomic E-state index is 0.162. The number of amides is 1. The van der Waals surface area contributed by atoms with E-state index in [1.54, 1.807) is 0 Å². The molecule has 5 nitrogen and oxygen atoms in total. The van der Waals surface area contributed by atoms with Crippen LogP contribution < -0.4 is 10.1 Å². The van der Waals surface area contributed by atoms with E-state index < -0.39 is 12.6 Å². The maximum Gasteiger partial charge on any atom is 0.340 e. The number of nitrogens with one attached hydrogen (secondary N) is 1. The highest BCUT2D eigenvalue weighted by molar-refractivity contribution is 6.36. The Kier molecular flexibility index (Phi) is 5.46. The van der Waals surface area contributed by atoms with Crippen molar-refractivity contribution in [1.29, 1.82) is 0 Å². The zero-order valence-corrected chi connectivity index (χ0v) is 14.6. The average molecular weight is 380 g/mol. The van der Waals surface area contributed by atoms with Gasteiger partial charge in [-0.1, -0.05) is 41.4 Å². The summed E-state index contributed by atoms with van der Waals surface area (Å²) < 4.78 is 10.6. The summed E-state index contributed by atoms with van der Waals surface area (Å²) in [6.07, 6.45) is 0.652. The quantitative estimate of drug-likeness (QED) is 0.820. The average Bonchev–Trinajstić information content (AvgIpc) is 2.60. The normalized spacial score (nSPS) is 15.7. The van der Waals surface area contributed by atoms with Gasteiger partial charge in [0, 0.05) is 17.0 Å².